The zero-order valence-corrected chi connectivity index (χ0v) is 32.8. The first-order valence-electron chi connectivity index (χ1n) is 20.3. The maximum atomic E-state index is 12.5. The molecule has 2 unspecified atom stereocenters. The Morgan fingerprint density at radius 3 is 1.49 bits per heavy atom. The molecule has 0 spiro atoms. The molecule has 0 aliphatic heterocycles. The normalized spacial score (nSPS) is 13.8. The van der Waals surface area contributed by atoms with Crippen molar-refractivity contribution in [3.63, 3.8) is 0 Å². The highest BCUT2D eigenvalue weighted by Gasteiger charge is 2.25. The third kappa shape index (κ3) is 38.1. The first-order valence-corrected chi connectivity index (χ1v) is 21.8. The van der Waals surface area contributed by atoms with Crippen LogP contribution < -0.4 is 5.73 Å². The number of rotatable bonds is 39. The second-order valence-corrected chi connectivity index (χ2v) is 14.9. The van der Waals surface area contributed by atoms with E-state index in [-0.39, 0.29) is 32.3 Å². The lowest BCUT2D eigenvalue weighted by Crippen LogP contribution is -2.28. The van der Waals surface area contributed by atoms with Crippen molar-refractivity contribution in [1.29, 1.82) is 0 Å². The molecule has 0 saturated carbocycles. The van der Waals surface area contributed by atoms with Crippen molar-refractivity contribution in [3.05, 3.63) is 24.3 Å². The second-order valence-electron chi connectivity index (χ2n) is 13.5. The summed E-state index contributed by atoms with van der Waals surface area (Å²) in [6, 6.07) is 0. The van der Waals surface area contributed by atoms with Crippen molar-refractivity contribution in [1.82, 2.24) is 0 Å². The summed E-state index contributed by atoms with van der Waals surface area (Å²) in [6.45, 7) is 4.89. The molecule has 0 radical (unpaired) electrons. The van der Waals surface area contributed by atoms with Crippen LogP contribution in [0.25, 0.3) is 0 Å². The maximum absolute atomic E-state index is 12.5. The van der Waals surface area contributed by atoms with Gasteiger partial charge in [0, 0.05) is 19.6 Å². The van der Waals surface area contributed by atoms with E-state index in [1.54, 1.807) is 0 Å². The summed E-state index contributed by atoms with van der Waals surface area (Å²) in [5.74, 6) is -0.340. The highest BCUT2D eigenvalue weighted by Crippen LogP contribution is 2.43. The van der Waals surface area contributed by atoms with E-state index in [0.29, 0.717) is 13.0 Å². The zero-order valence-electron chi connectivity index (χ0n) is 31.9. The predicted molar refractivity (Wildman–Crippen MR) is 206 cm³/mol. The number of esters is 1. The van der Waals surface area contributed by atoms with Gasteiger partial charge in [-0.2, -0.15) is 0 Å². The largest absolute Gasteiger partial charge is 0.472 e. The van der Waals surface area contributed by atoms with Gasteiger partial charge in [-0.15, -0.1) is 0 Å². The lowest BCUT2D eigenvalue weighted by molar-refractivity contribution is -0.154. The lowest BCUT2D eigenvalue weighted by Gasteiger charge is -2.20. The molecule has 0 aliphatic rings. The number of phosphoric ester groups is 1. The number of carbonyl (C=O) groups is 1. The minimum absolute atomic E-state index is 0.0971. The first kappa shape index (κ1) is 48.0. The number of carbonyl (C=O) groups excluding carboxylic acids is 1. The number of allylic oxidation sites excluding steroid dienone is 4. The molecule has 8 nitrogen and oxygen atoms in total. The molecule has 2 atom stereocenters. The number of hydrogen-bond acceptors (Lipinski definition) is 7. The molecule has 3 N–H and O–H groups in total. The Kier molecular flexibility index (Phi) is 37.4. The molecule has 0 bridgehead atoms. The van der Waals surface area contributed by atoms with Crippen LogP contribution in [0, 0.1) is 0 Å². The van der Waals surface area contributed by atoms with Crippen LogP contribution in [0.2, 0.25) is 0 Å². The number of nitrogens with two attached hydrogens (primary N) is 1. The Hall–Kier alpha value is -1.02. The van der Waals surface area contributed by atoms with Crippen LogP contribution in [0.15, 0.2) is 24.3 Å². The molecule has 0 amide bonds. The Labute approximate surface area is 302 Å². The van der Waals surface area contributed by atoms with Crippen molar-refractivity contribution in [2.75, 3.05) is 33.0 Å². The third-order valence-electron chi connectivity index (χ3n) is 8.59. The predicted octanol–water partition coefficient (Wildman–Crippen LogP) is 11.7. The van der Waals surface area contributed by atoms with Crippen LogP contribution in [-0.4, -0.2) is 49.9 Å². The fourth-order valence-electron chi connectivity index (χ4n) is 5.57. The van der Waals surface area contributed by atoms with E-state index in [1.165, 1.54) is 122 Å². The molecular formula is C40H78NO7P. The summed E-state index contributed by atoms with van der Waals surface area (Å²) in [5.41, 5.74) is 5.36. The van der Waals surface area contributed by atoms with Gasteiger partial charge in [0.05, 0.1) is 19.8 Å². The van der Waals surface area contributed by atoms with Crippen LogP contribution >= 0.6 is 7.82 Å². The fourth-order valence-corrected chi connectivity index (χ4v) is 6.34. The van der Waals surface area contributed by atoms with Crippen molar-refractivity contribution >= 4 is 13.8 Å². The van der Waals surface area contributed by atoms with Crippen molar-refractivity contribution in [3.8, 4) is 0 Å². The second kappa shape index (κ2) is 38.2. The monoisotopic (exact) mass is 716 g/mol. The van der Waals surface area contributed by atoms with Crippen molar-refractivity contribution < 1.29 is 32.8 Å². The number of ether oxygens (including phenoxy) is 2. The minimum atomic E-state index is -4.27. The zero-order chi connectivity index (χ0) is 35.9. The standard InChI is InChI=1S/C40H78NO7P/c1-3-5-7-9-11-13-15-17-19-21-23-25-27-29-31-33-40(42)48-39(38-47-49(43,44)46-36-34-41)37-45-35-32-30-28-26-24-22-20-18-16-14-12-10-8-6-4-2/h16-19,39H,3-15,20-38,41H2,1-2H3,(H,43,44)/b18-16-,19-17-. The smallest absolute Gasteiger partial charge is 0.457 e. The van der Waals surface area contributed by atoms with Gasteiger partial charge in [-0.3, -0.25) is 13.8 Å². The maximum Gasteiger partial charge on any atom is 0.472 e. The SMILES string of the molecule is CCCCCCC/C=C\CCCCCCCCOCC(COP(=O)(O)OCCN)OC(=O)CCCCCCC/C=C\CCCCCCCC. The Morgan fingerprint density at radius 1 is 0.592 bits per heavy atom. The Balaban J connectivity index is 4.08. The van der Waals surface area contributed by atoms with E-state index in [9.17, 15) is 14.3 Å². The highest BCUT2D eigenvalue weighted by atomic mass is 31.2. The van der Waals surface area contributed by atoms with Gasteiger partial charge in [-0.25, -0.2) is 4.57 Å². The summed E-state index contributed by atoms with van der Waals surface area (Å²) < 4.78 is 33.3. The summed E-state index contributed by atoms with van der Waals surface area (Å²) in [4.78, 5) is 22.4. The van der Waals surface area contributed by atoms with Gasteiger partial charge >= 0.3 is 13.8 Å². The van der Waals surface area contributed by atoms with Crippen LogP contribution in [0.5, 0.6) is 0 Å². The summed E-state index contributed by atoms with van der Waals surface area (Å²) in [7, 11) is -4.27. The van der Waals surface area contributed by atoms with Gasteiger partial charge in [0.15, 0.2) is 0 Å². The summed E-state index contributed by atoms with van der Waals surface area (Å²) in [6.07, 6.45) is 40.4. The molecule has 0 saturated heterocycles. The van der Waals surface area contributed by atoms with Gasteiger partial charge in [-0.05, 0) is 64.2 Å². The molecule has 49 heavy (non-hydrogen) atoms. The molecule has 0 rings (SSSR count). The topological polar surface area (TPSA) is 117 Å². The van der Waals surface area contributed by atoms with Crippen LogP contribution in [-0.2, 0) is 27.9 Å². The minimum Gasteiger partial charge on any atom is -0.457 e. The molecular weight excluding hydrogens is 637 g/mol. The lowest BCUT2D eigenvalue weighted by atomic mass is 10.1. The van der Waals surface area contributed by atoms with E-state index < -0.39 is 13.9 Å². The van der Waals surface area contributed by atoms with E-state index >= 15 is 0 Å². The highest BCUT2D eigenvalue weighted by molar-refractivity contribution is 7.47. The number of hydrogen-bond donors (Lipinski definition) is 2. The van der Waals surface area contributed by atoms with Crippen molar-refractivity contribution in [2.45, 2.75) is 193 Å². The molecule has 0 aromatic heterocycles. The Morgan fingerprint density at radius 2 is 1.02 bits per heavy atom. The average Bonchev–Trinajstić information content (AvgIpc) is 3.09. The van der Waals surface area contributed by atoms with Gasteiger partial charge in [0.1, 0.15) is 6.10 Å². The first-order chi connectivity index (χ1) is 23.9. The molecule has 0 fully saturated rings. The number of unbranched alkanes of at least 4 members (excludes halogenated alkanes) is 22. The molecule has 0 aromatic carbocycles. The quantitative estimate of drug-likeness (QED) is 0.0279. The van der Waals surface area contributed by atoms with Crippen molar-refractivity contribution in [2.24, 2.45) is 5.73 Å². The fraction of sp³-hybridized carbons (Fsp3) is 0.875. The summed E-state index contributed by atoms with van der Waals surface area (Å²) >= 11 is 0. The van der Waals surface area contributed by atoms with E-state index in [2.05, 4.69) is 38.2 Å². The Bertz CT molecular complexity index is 807. The van der Waals surface area contributed by atoms with Gasteiger partial charge in [0.2, 0.25) is 0 Å². The molecule has 9 heteroatoms. The van der Waals surface area contributed by atoms with E-state index in [1.807, 2.05) is 0 Å². The number of phosphoric acid groups is 1. The van der Waals surface area contributed by atoms with Crippen LogP contribution in [0.3, 0.4) is 0 Å². The van der Waals surface area contributed by atoms with E-state index in [0.717, 1.165) is 44.9 Å². The average molecular weight is 716 g/mol. The molecule has 0 aromatic rings. The van der Waals surface area contributed by atoms with Crippen LogP contribution in [0.4, 0.5) is 0 Å². The van der Waals surface area contributed by atoms with Crippen LogP contribution in [0.1, 0.15) is 187 Å². The molecule has 0 heterocycles. The van der Waals surface area contributed by atoms with E-state index in [4.69, 9.17) is 24.3 Å². The summed E-state index contributed by atoms with van der Waals surface area (Å²) in [5, 5.41) is 0. The molecule has 290 valence electrons. The van der Waals surface area contributed by atoms with Gasteiger partial charge in [-0.1, -0.05) is 141 Å². The third-order valence-corrected chi connectivity index (χ3v) is 9.58. The molecule has 0 aliphatic carbocycles. The van der Waals surface area contributed by atoms with Gasteiger partial charge < -0.3 is 20.1 Å². The van der Waals surface area contributed by atoms with Gasteiger partial charge in [0.25, 0.3) is 0 Å².